The number of aromatic hydroxyl groups is 2. The van der Waals surface area contributed by atoms with Crippen molar-refractivity contribution < 1.29 is 10.2 Å². The third-order valence-corrected chi connectivity index (χ3v) is 5.12. The zero-order chi connectivity index (χ0) is 20.9. The van der Waals surface area contributed by atoms with Gasteiger partial charge in [-0.15, -0.1) is 0 Å². The zero-order valence-corrected chi connectivity index (χ0v) is 16.1. The third kappa shape index (κ3) is 3.00. The second-order valence-corrected chi connectivity index (χ2v) is 7.27. The number of aromatic nitrogens is 1. The van der Waals surface area contributed by atoms with E-state index in [0.717, 1.165) is 22.8 Å². The second-order valence-electron chi connectivity index (χ2n) is 7.27. The molecule has 0 fully saturated rings. The Morgan fingerprint density at radius 2 is 1.06 bits per heavy atom. The Kier molecular flexibility index (Phi) is 3.64. The van der Waals surface area contributed by atoms with E-state index >= 15 is 0 Å². The minimum Gasteiger partial charge on any atom is -0.494 e. The molecule has 0 atom stereocenters. The predicted octanol–water partition coefficient (Wildman–Crippen LogP) is 3.78. The highest BCUT2D eigenvalue weighted by atomic mass is 16.3. The molecule has 6 heterocycles. The van der Waals surface area contributed by atoms with Gasteiger partial charge < -0.3 is 10.2 Å². The Balaban J connectivity index is 1.59. The van der Waals surface area contributed by atoms with Gasteiger partial charge in [0.05, 0.1) is 45.6 Å². The average Bonchev–Trinajstić information content (AvgIpc) is 3.55. The van der Waals surface area contributed by atoms with Crippen LogP contribution in [-0.2, 0) is 0 Å². The number of hydrogen-bond donors (Lipinski definition) is 2. The maximum Gasteiger partial charge on any atom is 0.198 e. The fourth-order valence-electron chi connectivity index (χ4n) is 3.75. The average molecular weight is 405 g/mol. The second kappa shape index (κ2) is 6.50. The minimum absolute atomic E-state index is 0.107. The van der Waals surface area contributed by atoms with Crippen molar-refractivity contribution >= 4 is 28.5 Å². The maximum absolute atomic E-state index is 10.4. The van der Waals surface area contributed by atoms with Crippen molar-refractivity contribution in [1.82, 2.24) is 4.57 Å². The molecule has 0 aromatic carbocycles. The van der Waals surface area contributed by atoms with E-state index < -0.39 is 0 Å². The number of fused-ring (bicyclic) bond motifs is 4. The van der Waals surface area contributed by atoms with Crippen molar-refractivity contribution in [1.29, 1.82) is 0 Å². The summed E-state index contributed by atoms with van der Waals surface area (Å²) in [4.78, 5) is 18.6. The van der Waals surface area contributed by atoms with Gasteiger partial charge in [-0.2, -0.15) is 0 Å². The van der Waals surface area contributed by atoms with Crippen LogP contribution in [0.5, 0.6) is 11.8 Å². The largest absolute Gasteiger partial charge is 0.494 e. The van der Waals surface area contributed by atoms with Crippen molar-refractivity contribution in [2.24, 2.45) is 20.0 Å². The molecule has 0 amide bonds. The summed E-state index contributed by atoms with van der Waals surface area (Å²) in [5.74, 6) is -0.214. The molecule has 7 heteroatoms. The van der Waals surface area contributed by atoms with Crippen LogP contribution in [0.2, 0.25) is 0 Å². The van der Waals surface area contributed by atoms with E-state index in [9.17, 15) is 10.2 Å². The quantitative estimate of drug-likeness (QED) is 0.744. The maximum atomic E-state index is 10.4. The molecule has 5 aliphatic rings. The summed E-state index contributed by atoms with van der Waals surface area (Å²) in [6.07, 6.45) is 20.8. The van der Waals surface area contributed by atoms with E-state index in [1.807, 2.05) is 66.8 Å². The SMILES string of the molecule is Oc1ccc(O)n1C1=C2C=CC(=N2)C=C2C=CC(=N2)C=C2C=CC(=N2)C=C2C=CC1=N2. The summed E-state index contributed by atoms with van der Waals surface area (Å²) in [6.45, 7) is 0. The number of aliphatic imine (C=N–C) groups is 4. The molecule has 2 N–H and O–H groups in total. The number of hydrogen-bond acceptors (Lipinski definition) is 6. The van der Waals surface area contributed by atoms with Crippen LogP contribution in [0.25, 0.3) is 5.70 Å². The van der Waals surface area contributed by atoms with Gasteiger partial charge in [0.15, 0.2) is 11.8 Å². The molecule has 0 saturated heterocycles. The summed E-state index contributed by atoms with van der Waals surface area (Å²) in [5, 5.41) is 20.8. The molecule has 1 aromatic heterocycles. The Morgan fingerprint density at radius 3 is 1.71 bits per heavy atom. The molecular weight excluding hydrogens is 390 g/mol. The van der Waals surface area contributed by atoms with Gasteiger partial charge in [0.25, 0.3) is 0 Å². The first kappa shape index (κ1) is 17.3. The minimum atomic E-state index is -0.107. The lowest BCUT2D eigenvalue weighted by molar-refractivity contribution is 0.406. The van der Waals surface area contributed by atoms with Crippen LogP contribution in [0.15, 0.2) is 122 Å². The fraction of sp³-hybridized carbons (Fsp3) is 0. The van der Waals surface area contributed by atoms with Crippen molar-refractivity contribution in [2.75, 3.05) is 0 Å². The first-order valence-corrected chi connectivity index (χ1v) is 9.69. The fourth-order valence-corrected chi connectivity index (χ4v) is 3.75. The molecule has 0 aliphatic carbocycles. The van der Waals surface area contributed by atoms with E-state index in [4.69, 9.17) is 0 Å². The van der Waals surface area contributed by atoms with Gasteiger partial charge >= 0.3 is 0 Å². The molecule has 7 nitrogen and oxygen atoms in total. The van der Waals surface area contributed by atoms with Gasteiger partial charge in [-0.25, -0.2) is 24.5 Å². The smallest absolute Gasteiger partial charge is 0.198 e. The molecule has 31 heavy (non-hydrogen) atoms. The Morgan fingerprint density at radius 1 is 0.548 bits per heavy atom. The van der Waals surface area contributed by atoms with E-state index in [2.05, 4.69) is 20.0 Å². The number of allylic oxidation sites excluding steroid dienone is 12. The summed E-state index contributed by atoms with van der Waals surface area (Å²) in [7, 11) is 0. The van der Waals surface area contributed by atoms with Crippen LogP contribution >= 0.6 is 0 Å². The normalized spacial score (nSPS) is 20.6. The van der Waals surface area contributed by atoms with E-state index in [1.165, 1.54) is 16.7 Å². The third-order valence-electron chi connectivity index (χ3n) is 5.12. The van der Waals surface area contributed by atoms with Crippen LogP contribution in [-0.4, -0.2) is 37.6 Å². The summed E-state index contributed by atoms with van der Waals surface area (Å²) >= 11 is 0. The zero-order valence-electron chi connectivity index (χ0n) is 16.1. The van der Waals surface area contributed by atoms with E-state index in [0.29, 0.717) is 28.5 Å². The van der Waals surface area contributed by atoms with Gasteiger partial charge in [0.2, 0.25) is 0 Å². The van der Waals surface area contributed by atoms with Crippen LogP contribution in [0.1, 0.15) is 0 Å². The van der Waals surface area contributed by atoms with Crippen molar-refractivity contribution in [3.05, 3.63) is 102 Å². The molecule has 8 bridgehead atoms. The lowest BCUT2D eigenvalue weighted by Gasteiger charge is -2.12. The lowest BCUT2D eigenvalue weighted by Crippen LogP contribution is -2.07. The first-order valence-electron chi connectivity index (χ1n) is 9.69. The number of nitrogens with zero attached hydrogens (tertiary/aromatic N) is 5. The Hall–Kier alpha value is -4.52. The molecule has 0 unspecified atom stereocenters. The molecule has 148 valence electrons. The topological polar surface area (TPSA) is 94.8 Å². The van der Waals surface area contributed by atoms with Crippen molar-refractivity contribution in [3.8, 4) is 11.8 Å². The first-order chi connectivity index (χ1) is 15.1. The number of rotatable bonds is 1. The van der Waals surface area contributed by atoms with Crippen LogP contribution in [0.4, 0.5) is 0 Å². The van der Waals surface area contributed by atoms with Gasteiger partial charge in [-0.3, -0.25) is 0 Å². The summed E-state index contributed by atoms with van der Waals surface area (Å²) in [6, 6.07) is 2.85. The van der Waals surface area contributed by atoms with E-state index in [-0.39, 0.29) is 11.8 Å². The Labute approximate surface area is 177 Å². The highest BCUT2D eigenvalue weighted by molar-refractivity contribution is 6.29. The van der Waals surface area contributed by atoms with Crippen molar-refractivity contribution in [3.63, 3.8) is 0 Å². The van der Waals surface area contributed by atoms with Gasteiger partial charge in [-0.1, -0.05) is 0 Å². The summed E-state index contributed by atoms with van der Waals surface area (Å²) in [5.41, 5.74) is 6.23. The monoisotopic (exact) mass is 405 g/mol. The highest BCUT2D eigenvalue weighted by Crippen LogP contribution is 2.33. The molecule has 5 aliphatic heterocycles. The highest BCUT2D eigenvalue weighted by Gasteiger charge is 2.23. The predicted molar refractivity (Wildman–Crippen MR) is 122 cm³/mol. The standard InChI is InChI=1S/C24H15N5O2/c30-22-9-10-23(31)29(22)24-20-7-5-18(27-20)12-16-3-1-14(25-16)11-15-2-4-17(26-15)13-19-6-8-21(24)28-19/h1-13,30-31H. The molecule has 6 rings (SSSR count). The van der Waals surface area contributed by atoms with E-state index in [1.54, 1.807) is 0 Å². The molecule has 1 aromatic rings. The van der Waals surface area contributed by atoms with Crippen LogP contribution in [0.3, 0.4) is 0 Å². The van der Waals surface area contributed by atoms with Gasteiger partial charge in [0.1, 0.15) is 5.70 Å². The van der Waals surface area contributed by atoms with Gasteiger partial charge in [-0.05, 0) is 66.8 Å². The Bertz CT molecular complexity index is 1410. The van der Waals surface area contributed by atoms with Crippen LogP contribution < -0.4 is 0 Å². The van der Waals surface area contributed by atoms with Gasteiger partial charge in [0, 0.05) is 12.1 Å². The molecule has 0 spiro atoms. The molecular formula is C24H15N5O2. The van der Waals surface area contributed by atoms with Crippen LogP contribution in [0, 0.1) is 0 Å². The van der Waals surface area contributed by atoms with Crippen molar-refractivity contribution in [2.45, 2.75) is 0 Å². The molecule has 0 radical (unpaired) electrons. The molecule has 0 saturated carbocycles. The lowest BCUT2D eigenvalue weighted by atomic mass is 10.2. The summed E-state index contributed by atoms with van der Waals surface area (Å²) < 4.78 is 1.33.